The number of nitrogens with one attached hydrogen (secondary N) is 1. The molecule has 0 aliphatic rings. The van der Waals surface area contributed by atoms with Gasteiger partial charge in [-0.15, -0.1) is 11.3 Å². The molecule has 0 amide bonds. The Morgan fingerprint density at radius 2 is 2.26 bits per heavy atom. The fourth-order valence-electron chi connectivity index (χ4n) is 1.99. The van der Waals surface area contributed by atoms with Crippen molar-refractivity contribution in [1.82, 2.24) is 10.3 Å². The highest BCUT2D eigenvalue weighted by Gasteiger charge is 2.16. The van der Waals surface area contributed by atoms with Gasteiger partial charge in [-0.05, 0) is 31.2 Å². The molecule has 1 aromatic heterocycles. The quantitative estimate of drug-likeness (QED) is 0.832. The lowest BCUT2D eigenvalue weighted by atomic mass is 10.0. The summed E-state index contributed by atoms with van der Waals surface area (Å²) in [6.45, 7) is 5.03. The van der Waals surface area contributed by atoms with Gasteiger partial charge in [0.2, 0.25) is 0 Å². The van der Waals surface area contributed by atoms with Gasteiger partial charge in [-0.2, -0.15) is 0 Å². The zero-order chi connectivity index (χ0) is 13.8. The van der Waals surface area contributed by atoms with Gasteiger partial charge in [0.15, 0.2) is 0 Å². The first-order valence-electron chi connectivity index (χ1n) is 6.19. The normalized spacial score (nSPS) is 12.6. The van der Waals surface area contributed by atoms with Gasteiger partial charge >= 0.3 is 0 Å². The molecule has 0 spiro atoms. The molecular formula is C14H16BrClN2S. The van der Waals surface area contributed by atoms with Gasteiger partial charge in [-0.1, -0.05) is 40.5 Å². The third-order valence-corrected chi connectivity index (χ3v) is 4.64. The molecule has 2 nitrogen and oxygen atoms in total. The predicted octanol–water partition coefficient (Wildman–Crippen LogP) is 4.76. The van der Waals surface area contributed by atoms with E-state index in [4.69, 9.17) is 11.6 Å². The summed E-state index contributed by atoms with van der Waals surface area (Å²) >= 11 is 11.5. The summed E-state index contributed by atoms with van der Waals surface area (Å²) in [6, 6.07) is 6.24. The van der Waals surface area contributed by atoms with Crippen LogP contribution in [0.25, 0.3) is 0 Å². The first-order valence-corrected chi connectivity index (χ1v) is 8.24. The van der Waals surface area contributed by atoms with Gasteiger partial charge in [0.1, 0.15) is 0 Å². The summed E-state index contributed by atoms with van der Waals surface area (Å²) in [5.74, 6) is 0. The molecule has 0 saturated heterocycles. The number of likely N-dealkylation sites (N-methyl/N-ethyl adjacent to an activating group) is 1. The molecule has 1 unspecified atom stereocenters. The number of benzene rings is 1. The lowest BCUT2D eigenvalue weighted by Crippen LogP contribution is -2.23. The molecule has 1 atom stereocenters. The topological polar surface area (TPSA) is 24.9 Å². The Balaban J connectivity index is 2.23. The van der Waals surface area contributed by atoms with Crippen molar-refractivity contribution in [2.24, 2.45) is 0 Å². The number of nitrogens with zero attached hydrogens (tertiary/aromatic N) is 1. The molecule has 19 heavy (non-hydrogen) atoms. The summed E-state index contributed by atoms with van der Waals surface area (Å²) < 4.78 is 1.00. The molecule has 0 bridgehead atoms. The molecule has 102 valence electrons. The van der Waals surface area contributed by atoms with E-state index in [2.05, 4.69) is 44.6 Å². The maximum absolute atomic E-state index is 6.34. The van der Waals surface area contributed by atoms with Crippen molar-refractivity contribution in [3.8, 4) is 0 Å². The molecule has 1 aromatic carbocycles. The van der Waals surface area contributed by atoms with E-state index in [9.17, 15) is 0 Å². The van der Waals surface area contributed by atoms with Crippen molar-refractivity contribution in [1.29, 1.82) is 0 Å². The Kier molecular flexibility index (Phi) is 5.39. The second kappa shape index (κ2) is 6.84. The Morgan fingerprint density at radius 3 is 2.84 bits per heavy atom. The van der Waals surface area contributed by atoms with Gasteiger partial charge in [0.05, 0.1) is 5.01 Å². The smallest absolute Gasteiger partial charge is 0.0947 e. The third-order valence-electron chi connectivity index (χ3n) is 2.83. The van der Waals surface area contributed by atoms with Crippen molar-refractivity contribution >= 4 is 38.9 Å². The van der Waals surface area contributed by atoms with Crippen LogP contribution >= 0.6 is 38.9 Å². The van der Waals surface area contributed by atoms with E-state index in [1.165, 1.54) is 0 Å². The fourth-order valence-corrected chi connectivity index (χ4v) is 3.62. The Bertz CT molecular complexity index is 556. The van der Waals surface area contributed by atoms with Crippen LogP contribution in [0.3, 0.4) is 0 Å². The zero-order valence-corrected chi connectivity index (χ0v) is 14.1. The minimum Gasteiger partial charge on any atom is -0.310 e. The number of rotatable bonds is 5. The van der Waals surface area contributed by atoms with E-state index < -0.39 is 0 Å². The van der Waals surface area contributed by atoms with Crippen LogP contribution < -0.4 is 5.32 Å². The van der Waals surface area contributed by atoms with Crippen LogP contribution in [-0.4, -0.2) is 11.5 Å². The van der Waals surface area contributed by atoms with Gasteiger partial charge < -0.3 is 5.32 Å². The van der Waals surface area contributed by atoms with Crippen LogP contribution in [0.5, 0.6) is 0 Å². The molecule has 1 heterocycles. The molecule has 2 rings (SSSR count). The number of aryl methyl sites for hydroxylation is 1. The van der Waals surface area contributed by atoms with E-state index in [0.29, 0.717) is 0 Å². The van der Waals surface area contributed by atoms with Crippen LogP contribution in [0.4, 0.5) is 0 Å². The molecule has 0 aliphatic heterocycles. The molecule has 2 aromatic rings. The second-order valence-electron chi connectivity index (χ2n) is 4.36. The summed E-state index contributed by atoms with van der Waals surface area (Å²) in [4.78, 5) is 4.53. The average Bonchev–Trinajstić information content (AvgIpc) is 2.74. The minimum atomic E-state index is 0.205. The number of thiazole rings is 1. The Morgan fingerprint density at radius 1 is 1.47 bits per heavy atom. The summed E-state index contributed by atoms with van der Waals surface area (Å²) in [6.07, 6.45) is 0.869. The van der Waals surface area contributed by atoms with Crippen molar-refractivity contribution in [2.75, 3.05) is 6.54 Å². The highest BCUT2D eigenvalue weighted by Crippen LogP contribution is 2.29. The van der Waals surface area contributed by atoms with Crippen LogP contribution in [-0.2, 0) is 6.42 Å². The van der Waals surface area contributed by atoms with Crippen molar-refractivity contribution in [3.63, 3.8) is 0 Å². The second-order valence-corrected chi connectivity index (χ2v) is 6.63. The van der Waals surface area contributed by atoms with Crippen molar-refractivity contribution in [3.05, 3.63) is 49.3 Å². The van der Waals surface area contributed by atoms with E-state index in [1.807, 2.05) is 19.1 Å². The zero-order valence-electron chi connectivity index (χ0n) is 10.9. The lowest BCUT2D eigenvalue weighted by Gasteiger charge is -2.18. The van der Waals surface area contributed by atoms with E-state index >= 15 is 0 Å². The van der Waals surface area contributed by atoms with Crippen molar-refractivity contribution < 1.29 is 0 Å². The Hall–Kier alpha value is -0.420. The van der Waals surface area contributed by atoms with Crippen LogP contribution in [0.1, 0.15) is 29.2 Å². The van der Waals surface area contributed by atoms with Crippen LogP contribution in [0, 0.1) is 6.92 Å². The lowest BCUT2D eigenvalue weighted by molar-refractivity contribution is 0.548. The number of hydrogen-bond acceptors (Lipinski definition) is 3. The first kappa shape index (κ1) is 15.0. The number of aromatic nitrogens is 1. The number of halogens is 2. The third kappa shape index (κ3) is 4.02. The Labute approximate surface area is 131 Å². The maximum Gasteiger partial charge on any atom is 0.0947 e. The first-order chi connectivity index (χ1) is 9.10. The van der Waals surface area contributed by atoms with E-state index in [-0.39, 0.29) is 6.04 Å². The molecule has 0 aliphatic carbocycles. The largest absolute Gasteiger partial charge is 0.310 e. The van der Waals surface area contributed by atoms with Crippen LogP contribution in [0.15, 0.2) is 28.1 Å². The van der Waals surface area contributed by atoms with E-state index in [1.54, 1.807) is 11.3 Å². The molecule has 5 heteroatoms. The molecule has 1 N–H and O–H groups in total. The standard InChI is InChI=1S/C14H16BrClN2S/c1-3-17-13(7-14-18-9(2)8-19-14)11-5-4-10(15)6-12(11)16/h4-6,8,13,17H,3,7H2,1-2H3. The molecular weight excluding hydrogens is 344 g/mol. The maximum atomic E-state index is 6.34. The van der Waals surface area contributed by atoms with Gasteiger partial charge in [-0.25, -0.2) is 4.98 Å². The van der Waals surface area contributed by atoms with E-state index in [0.717, 1.165) is 38.7 Å². The highest BCUT2D eigenvalue weighted by atomic mass is 79.9. The summed E-state index contributed by atoms with van der Waals surface area (Å²) in [5, 5.41) is 7.50. The average molecular weight is 360 g/mol. The van der Waals surface area contributed by atoms with Gasteiger partial charge in [0.25, 0.3) is 0 Å². The summed E-state index contributed by atoms with van der Waals surface area (Å²) in [5.41, 5.74) is 2.21. The minimum absolute atomic E-state index is 0.205. The monoisotopic (exact) mass is 358 g/mol. The van der Waals surface area contributed by atoms with Crippen molar-refractivity contribution in [2.45, 2.75) is 26.3 Å². The SMILES string of the molecule is CCNC(Cc1nc(C)cs1)c1ccc(Br)cc1Cl. The number of hydrogen-bond donors (Lipinski definition) is 1. The van der Waals surface area contributed by atoms with Crippen LogP contribution in [0.2, 0.25) is 5.02 Å². The molecule has 0 radical (unpaired) electrons. The summed E-state index contributed by atoms with van der Waals surface area (Å²) in [7, 11) is 0. The predicted molar refractivity (Wildman–Crippen MR) is 86.1 cm³/mol. The fraction of sp³-hybridized carbons (Fsp3) is 0.357. The van der Waals surface area contributed by atoms with Gasteiger partial charge in [0, 0.05) is 33.0 Å². The molecule has 0 saturated carbocycles. The highest BCUT2D eigenvalue weighted by molar-refractivity contribution is 9.10. The van der Waals surface area contributed by atoms with Gasteiger partial charge in [-0.3, -0.25) is 0 Å². The molecule has 0 fully saturated rings.